The highest BCUT2D eigenvalue weighted by Crippen LogP contribution is 2.16. The molecule has 1 unspecified atom stereocenters. The van der Waals surface area contributed by atoms with Crippen LogP contribution in [-0.2, 0) is 22.6 Å². The maximum Gasteiger partial charge on any atom is 0.261 e. The fourth-order valence-corrected chi connectivity index (χ4v) is 3.26. The van der Waals surface area contributed by atoms with Gasteiger partial charge in [0, 0.05) is 13.1 Å². The fourth-order valence-electron chi connectivity index (χ4n) is 3.26. The summed E-state index contributed by atoms with van der Waals surface area (Å²) in [6, 6.07) is 12.9. The number of hydrogen-bond acceptors (Lipinski definition) is 3. The van der Waals surface area contributed by atoms with Gasteiger partial charge in [-0.1, -0.05) is 51.5 Å². The molecule has 0 aromatic heterocycles. The molecule has 2 aromatic carbocycles. The van der Waals surface area contributed by atoms with Crippen LogP contribution < -0.4 is 10.1 Å². The zero-order chi connectivity index (χ0) is 22.6. The number of nitrogens with zero attached hydrogens (tertiary/aromatic N) is 1. The van der Waals surface area contributed by atoms with Crippen molar-refractivity contribution in [3.8, 4) is 5.75 Å². The summed E-state index contributed by atoms with van der Waals surface area (Å²) in [5.74, 6) is -0.211. The molecule has 0 spiro atoms. The van der Waals surface area contributed by atoms with Gasteiger partial charge in [-0.15, -0.1) is 0 Å². The number of carbonyl (C=O) groups excluding carboxylic acids is 2. The molecule has 0 aliphatic heterocycles. The normalized spacial score (nSPS) is 11.6. The van der Waals surface area contributed by atoms with Gasteiger partial charge in [-0.05, 0) is 54.7 Å². The molecule has 6 heteroatoms. The maximum absolute atomic E-state index is 13.3. The Morgan fingerprint density at radius 1 is 1.00 bits per heavy atom. The highest BCUT2D eigenvalue weighted by atomic mass is 19.1. The lowest BCUT2D eigenvalue weighted by Gasteiger charge is -2.30. The van der Waals surface area contributed by atoms with Crippen molar-refractivity contribution in [2.45, 2.75) is 59.0 Å². The highest BCUT2D eigenvalue weighted by Gasteiger charge is 2.28. The predicted octanol–water partition coefficient (Wildman–Crippen LogP) is 4.49. The molecular weight excluding hydrogens is 395 g/mol. The summed E-state index contributed by atoms with van der Waals surface area (Å²) >= 11 is 0. The Labute approximate surface area is 184 Å². The molecule has 2 amide bonds. The minimum absolute atomic E-state index is 0.175. The Bertz CT molecular complexity index is 822. The van der Waals surface area contributed by atoms with Gasteiger partial charge >= 0.3 is 0 Å². The van der Waals surface area contributed by atoms with E-state index in [4.69, 9.17) is 4.74 Å². The zero-order valence-corrected chi connectivity index (χ0v) is 18.7. The first-order valence-corrected chi connectivity index (χ1v) is 11.0. The van der Waals surface area contributed by atoms with Crippen LogP contribution in [0.1, 0.15) is 51.2 Å². The van der Waals surface area contributed by atoms with Crippen LogP contribution in [0.5, 0.6) is 5.75 Å². The van der Waals surface area contributed by atoms with Crippen LogP contribution in [0, 0.1) is 5.82 Å². The van der Waals surface area contributed by atoms with Crippen LogP contribution >= 0.6 is 0 Å². The molecule has 1 atom stereocenters. The number of rotatable bonds is 12. The molecule has 0 saturated heterocycles. The third-order valence-corrected chi connectivity index (χ3v) is 5.18. The van der Waals surface area contributed by atoms with Gasteiger partial charge < -0.3 is 15.0 Å². The number of carbonyl (C=O) groups is 2. The lowest BCUT2D eigenvalue weighted by molar-refractivity contribution is -0.143. The number of unbranched alkanes of at least 4 members (excludes halogenated alkanes) is 1. The van der Waals surface area contributed by atoms with Gasteiger partial charge in [-0.25, -0.2) is 4.39 Å². The molecule has 0 aliphatic rings. The van der Waals surface area contributed by atoms with E-state index in [0.29, 0.717) is 18.7 Å². The SMILES string of the molecule is CCCCNC(=O)C(CC)N(Cc1ccc(F)cc1)C(=O)COc1ccc(CC)cc1. The van der Waals surface area contributed by atoms with Crippen molar-refractivity contribution in [3.05, 3.63) is 65.5 Å². The van der Waals surface area contributed by atoms with Gasteiger partial charge in [-0.3, -0.25) is 9.59 Å². The fraction of sp³-hybridized carbons (Fsp3) is 0.440. The van der Waals surface area contributed by atoms with Crippen molar-refractivity contribution in [1.82, 2.24) is 10.2 Å². The number of benzene rings is 2. The van der Waals surface area contributed by atoms with Gasteiger partial charge in [0.15, 0.2) is 6.61 Å². The van der Waals surface area contributed by atoms with E-state index in [-0.39, 0.29) is 30.8 Å². The molecule has 0 heterocycles. The molecule has 2 aromatic rings. The number of amides is 2. The molecule has 0 radical (unpaired) electrons. The Hall–Kier alpha value is -2.89. The van der Waals surface area contributed by atoms with E-state index < -0.39 is 6.04 Å². The van der Waals surface area contributed by atoms with Gasteiger partial charge in [0.05, 0.1) is 0 Å². The van der Waals surface area contributed by atoms with Crippen molar-refractivity contribution in [2.75, 3.05) is 13.2 Å². The first-order valence-electron chi connectivity index (χ1n) is 11.0. The van der Waals surface area contributed by atoms with E-state index in [2.05, 4.69) is 19.2 Å². The van der Waals surface area contributed by atoms with E-state index in [9.17, 15) is 14.0 Å². The smallest absolute Gasteiger partial charge is 0.261 e. The van der Waals surface area contributed by atoms with Crippen LogP contribution in [0.15, 0.2) is 48.5 Å². The number of nitrogens with one attached hydrogen (secondary N) is 1. The van der Waals surface area contributed by atoms with Crippen LogP contribution in [-0.4, -0.2) is 35.9 Å². The van der Waals surface area contributed by atoms with E-state index >= 15 is 0 Å². The summed E-state index contributed by atoms with van der Waals surface area (Å²) in [5, 5.41) is 2.92. The molecule has 2 rings (SSSR count). The predicted molar refractivity (Wildman–Crippen MR) is 120 cm³/mol. The van der Waals surface area contributed by atoms with Crippen LogP contribution in [0.25, 0.3) is 0 Å². The molecule has 0 bridgehead atoms. The number of halogens is 1. The zero-order valence-electron chi connectivity index (χ0n) is 18.7. The van der Waals surface area contributed by atoms with Crippen molar-refractivity contribution >= 4 is 11.8 Å². The molecule has 168 valence electrons. The lowest BCUT2D eigenvalue weighted by Crippen LogP contribution is -2.50. The average Bonchev–Trinajstić information content (AvgIpc) is 2.79. The standard InChI is InChI=1S/C25H33FN2O3/c1-4-7-16-27-25(30)23(6-3)28(17-20-8-12-21(26)13-9-20)24(29)18-31-22-14-10-19(5-2)11-15-22/h8-15,23H,4-7,16-18H2,1-3H3,(H,27,30). The summed E-state index contributed by atoms with van der Waals surface area (Å²) in [6.45, 7) is 6.60. The van der Waals surface area contributed by atoms with Crippen molar-refractivity contribution < 1.29 is 18.7 Å². The molecule has 0 aliphatic carbocycles. The Kier molecular flexibility index (Phi) is 10.0. The average molecular weight is 429 g/mol. The van der Waals surface area contributed by atoms with Crippen LogP contribution in [0.4, 0.5) is 4.39 Å². The minimum atomic E-state index is -0.625. The summed E-state index contributed by atoms with van der Waals surface area (Å²) in [7, 11) is 0. The quantitative estimate of drug-likeness (QED) is 0.507. The second kappa shape index (κ2) is 12.7. The topological polar surface area (TPSA) is 58.6 Å². The van der Waals surface area contributed by atoms with Gasteiger partial charge in [0.1, 0.15) is 17.6 Å². The number of aryl methyl sites for hydroxylation is 1. The van der Waals surface area contributed by atoms with Crippen molar-refractivity contribution in [3.63, 3.8) is 0 Å². The first-order chi connectivity index (χ1) is 15.0. The van der Waals surface area contributed by atoms with Crippen LogP contribution in [0.2, 0.25) is 0 Å². The molecular formula is C25H33FN2O3. The second-order valence-electron chi connectivity index (χ2n) is 7.50. The Morgan fingerprint density at radius 3 is 2.23 bits per heavy atom. The van der Waals surface area contributed by atoms with Crippen molar-refractivity contribution in [1.29, 1.82) is 0 Å². The summed E-state index contributed by atoms with van der Waals surface area (Å²) < 4.78 is 19.0. The molecule has 31 heavy (non-hydrogen) atoms. The molecule has 0 saturated carbocycles. The number of hydrogen-bond donors (Lipinski definition) is 1. The van der Waals surface area contributed by atoms with E-state index in [1.807, 2.05) is 31.2 Å². The Morgan fingerprint density at radius 2 is 1.65 bits per heavy atom. The van der Waals surface area contributed by atoms with Crippen molar-refractivity contribution in [2.24, 2.45) is 0 Å². The molecule has 5 nitrogen and oxygen atoms in total. The van der Waals surface area contributed by atoms with Gasteiger partial charge in [0.25, 0.3) is 5.91 Å². The highest BCUT2D eigenvalue weighted by molar-refractivity contribution is 5.88. The Balaban J connectivity index is 2.14. The third-order valence-electron chi connectivity index (χ3n) is 5.18. The third kappa shape index (κ3) is 7.70. The lowest BCUT2D eigenvalue weighted by atomic mass is 10.1. The van der Waals surface area contributed by atoms with E-state index in [1.165, 1.54) is 22.6 Å². The largest absolute Gasteiger partial charge is 0.484 e. The maximum atomic E-state index is 13.3. The summed E-state index contributed by atoms with van der Waals surface area (Å²) in [4.78, 5) is 27.4. The minimum Gasteiger partial charge on any atom is -0.484 e. The van der Waals surface area contributed by atoms with Gasteiger partial charge in [-0.2, -0.15) is 0 Å². The van der Waals surface area contributed by atoms with E-state index in [0.717, 1.165) is 24.8 Å². The number of ether oxygens (including phenoxy) is 1. The van der Waals surface area contributed by atoms with Crippen LogP contribution in [0.3, 0.4) is 0 Å². The first kappa shape index (κ1) is 24.4. The second-order valence-corrected chi connectivity index (χ2v) is 7.50. The molecule has 0 fully saturated rings. The summed E-state index contributed by atoms with van der Waals surface area (Å²) in [5.41, 5.74) is 1.94. The monoisotopic (exact) mass is 428 g/mol. The van der Waals surface area contributed by atoms with E-state index in [1.54, 1.807) is 12.1 Å². The molecule has 1 N–H and O–H groups in total. The summed E-state index contributed by atoms with van der Waals surface area (Å²) in [6.07, 6.45) is 3.25. The van der Waals surface area contributed by atoms with Gasteiger partial charge in [0.2, 0.25) is 5.91 Å².